The van der Waals surface area contributed by atoms with Gasteiger partial charge in [0.25, 0.3) is 0 Å². The first-order chi connectivity index (χ1) is 4.43. The topological polar surface area (TPSA) is 24.9 Å². The molecule has 48 valence electrons. The van der Waals surface area contributed by atoms with Crippen LogP contribution in [-0.2, 0) is 0 Å². The Morgan fingerprint density at radius 1 is 1.56 bits per heavy atom. The van der Waals surface area contributed by atoms with Crippen LogP contribution >= 0.6 is 22.6 Å². The third-order valence-electron chi connectivity index (χ3n) is 0.815. The summed E-state index contributed by atoms with van der Waals surface area (Å²) in [4.78, 5) is 3.99. The molecule has 1 aromatic heterocycles. The smallest absolute Gasteiger partial charge is 0.136 e. The fraction of sp³-hybridized carbons (Fsp3) is 0. The summed E-state index contributed by atoms with van der Waals surface area (Å²) >= 11 is 3.90. The molecule has 0 bridgehead atoms. The Morgan fingerprint density at radius 3 is 3.00 bits per heavy atom. The Bertz CT molecular complexity index is 166. The molecule has 0 spiro atoms. The van der Waals surface area contributed by atoms with Gasteiger partial charge in [-0.25, -0.2) is 4.98 Å². The summed E-state index contributed by atoms with van der Waals surface area (Å²) in [6.45, 7) is 0. The second kappa shape index (κ2) is 3.63. The summed E-state index contributed by atoms with van der Waals surface area (Å²) in [5.74, 6) is 0.831. The highest BCUT2D eigenvalue weighted by atomic mass is 33.1. The van der Waals surface area contributed by atoms with Gasteiger partial charge in [-0.15, -0.1) is 0 Å². The molecule has 1 heterocycles. The van der Waals surface area contributed by atoms with Crippen LogP contribution in [0.1, 0.15) is 0 Å². The quantitative estimate of drug-likeness (QED) is 0.391. The summed E-state index contributed by atoms with van der Waals surface area (Å²) in [5, 5.41) is 0. The van der Waals surface area contributed by atoms with E-state index in [2.05, 4.69) is 21.4 Å². The number of aromatic nitrogens is 1. The molecular formula is C5H6N2S2. The minimum absolute atomic E-state index is 0.831. The molecule has 0 radical (unpaired) electrons. The number of rotatable bonds is 2. The van der Waals surface area contributed by atoms with E-state index in [4.69, 9.17) is 0 Å². The molecule has 1 aromatic rings. The Hall–Kier alpha value is -0.350. The lowest BCUT2D eigenvalue weighted by Gasteiger charge is -1.95. The highest BCUT2D eigenvalue weighted by Crippen LogP contribution is 2.09. The molecule has 1 N–H and O–H groups in total. The third kappa shape index (κ3) is 2.15. The van der Waals surface area contributed by atoms with Gasteiger partial charge in [0.1, 0.15) is 5.82 Å². The number of pyridine rings is 1. The molecule has 1 rings (SSSR count). The molecule has 0 atom stereocenters. The first-order valence-electron chi connectivity index (χ1n) is 2.41. The summed E-state index contributed by atoms with van der Waals surface area (Å²) < 4.78 is 2.88. The molecule has 2 nitrogen and oxygen atoms in total. The highest BCUT2D eigenvalue weighted by Gasteiger charge is 1.84. The Kier molecular flexibility index (Phi) is 2.73. The summed E-state index contributed by atoms with van der Waals surface area (Å²) in [7, 11) is 1.24. The van der Waals surface area contributed by atoms with Gasteiger partial charge < -0.3 is 4.72 Å². The van der Waals surface area contributed by atoms with Crippen molar-refractivity contribution in [2.45, 2.75) is 0 Å². The summed E-state index contributed by atoms with van der Waals surface area (Å²) in [6, 6.07) is 5.66. The zero-order valence-corrected chi connectivity index (χ0v) is 6.32. The molecule has 0 saturated carbocycles. The predicted molar refractivity (Wildman–Crippen MR) is 44.4 cm³/mol. The lowest BCUT2D eigenvalue weighted by atomic mass is 10.5. The monoisotopic (exact) mass is 158 g/mol. The minimum atomic E-state index is 0.831. The number of thiol groups is 1. The van der Waals surface area contributed by atoms with Gasteiger partial charge in [-0.2, -0.15) is 0 Å². The van der Waals surface area contributed by atoms with E-state index in [-0.39, 0.29) is 0 Å². The van der Waals surface area contributed by atoms with Crippen LogP contribution in [0.25, 0.3) is 0 Å². The maximum absolute atomic E-state index is 3.99. The third-order valence-corrected chi connectivity index (χ3v) is 1.39. The minimum Gasteiger partial charge on any atom is -0.305 e. The maximum Gasteiger partial charge on any atom is 0.136 e. The number of hydrogen-bond donors (Lipinski definition) is 2. The molecule has 0 saturated heterocycles. The van der Waals surface area contributed by atoms with Crippen LogP contribution in [-0.4, -0.2) is 4.98 Å². The number of nitrogens with zero attached hydrogens (tertiary/aromatic N) is 1. The first kappa shape index (κ1) is 6.77. The van der Waals surface area contributed by atoms with Crippen molar-refractivity contribution in [3.05, 3.63) is 24.4 Å². The zero-order valence-electron chi connectivity index (χ0n) is 4.61. The molecule has 0 aliphatic rings. The van der Waals surface area contributed by atoms with E-state index in [1.54, 1.807) is 6.20 Å². The van der Waals surface area contributed by atoms with Gasteiger partial charge in [0.15, 0.2) is 0 Å². The SMILES string of the molecule is SSNc1ccccn1. The van der Waals surface area contributed by atoms with Gasteiger partial charge in [-0.1, -0.05) is 17.7 Å². The van der Waals surface area contributed by atoms with Crippen LogP contribution in [0, 0.1) is 0 Å². The fourth-order valence-corrected chi connectivity index (χ4v) is 0.965. The molecule has 0 fully saturated rings. The van der Waals surface area contributed by atoms with Crippen molar-refractivity contribution in [2.24, 2.45) is 0 Å². The van der Waals surface area contributed by atoms with E-state index in [0.29, 0.717) is 0 Å². The Balaban J connectivity index is 2.61. The van der Waals surface area contributed by atoms with Crippen LogP contribution in [0.15, 0.2) is 24.4 Å². The van der Waals surface area contributed by atoms with Crippen LogP contribution < -0.4 is 4.72 Å². The van der Waals surface area contributed by atoms with Gasteiger partial charge in [0.2, 0.25) is 0 Å². The van der Waals surface area contributed by atoms with Gasteiger partial charge in [-0.05, 0) is 12.1 Å². The van der Waals surface area contributed by atoms with Gasteiger partial charge in [-0.3, -0.25) is 0 Å². The second-order valence-electron chi connectivity index (χ2n) is 1.41. The molecule has 0 aromatic carbocycles. The van der Waals surface area contributed by atoms with Crippen molar-refractivity contribution in [1.82, 2.24) is 4.98 Å². The fourth-order valence-electron chi connectivity index (χ4n) is 0.470. The molecule has 0 unspecified atom stereocenters. The number of nitrogens with one attached hydrogen (secondary N) is 1. The van der Waals surface area contributed by atoms with Crippen LogP contribution in [0.2, 0.25) is 0 Å². The highest BCUT2D eigenvalue weighted by molar-refractivity contribution is 8.69. The van der Waals surface area contributed by atoms with E-state index in [1.807, 2.05) is 18.2 Å². The molecule has 4 heteroatoms. The standard InChI is InChI=1S/C5H6N2S2/c8-9-7-5-3-1-2-4-6-5/h1-4,8H,(H,6,7). The summed E-state index contributed by atoms with van der Waals surface area (Å²) in [5.41, 5.74) is 0. The largest absolute Gasteiger partial charge is 0.305 e. The first-order valence-corrected chi connectivity index (χ1v) is 4.28. The average molecular weight is 158 g/mol. The molecule has 0 amide bonds. The Morgan fingerprint density at radius 2 is 2.44 bits per heavy atom. The molecule has 9 heavy (non-hydrogen) atoms. The average Bonchev–Trinajstić information content (AvgIpc) is 1.91. The van der Waals surface area contributed by atoms with Crippen LogP contribution in [0.4, 0.5) is 5.82 Å². The molecule has 0 aliphatic heterocycles. The van der Waals surface area contributed by atoms with E-state index in [0.717, 1.165) is 5.82 Å². The van der Waals surface area contributed by atoms with Gasteiger partial charge in [0.05, 0.1) is 0 Å². The van der Waals surface area contributed by atoms with Crippen LogP contribution in [0.3, 0.4) is 0 Å². The predicted octanol–water partition coefficient (Wildman–Crippen LogP) is 1.99. The van der Waals surface area contributed by atoms with E-state index in [1.165, 1.54) is 11.0 Å². The van der Waals surface area contributed by atoms with Crippen molar-refractivity contribution < 1.29 is 0 Å². The number of anilines is 1. The zero-order chi connectivity index (χ0) is 6.53. The normalized spacial score (nSPS) is 9.00. The summed E-state index contributed by atoms with van der Waals surface area (Å²) in [6.07, 6.45) is 1.73. The van der Waals surface area contributed by atoms with Crippen molar-refractivity contribution in [3.63, 3.8) is 0 Å². The lowest BCUT2D eigenvalue weighted by Crippen LogP contribution is -1.83. The Labute approximate surface area is 63.0 Å². The lowest BCUT2D eigenvalue weighted by molar-refractivity contribution is 1.34. The second-order valence-corrected chi connectivity index (χ2v) is 2.34. The van der Waals surface area contributed by atoms with E-state index in [9.17, 15) is 0 Å². The molecular weight excluding hydrogens is 152 g/mol. The van der Waals surface area contributed by atoms with Gasteiger partial charge >= 0.3 is 0 Å². The van der Waals surface area contributed by atoms with E-state index >= 15 is 0 Å². The van der Waals surface area contributed by atoms with E-state index < -0.39 is 0 Å². The van der Waals surface area contributed by atoms with Gasteiger partial charge in [0, 0.05) is 17.2 Å². The number of hydrogen-bond acceptors (Lipinski definition) is 4. The van der Waals surface area contributed by atoms with Crippen molar-refractivity contribution in [2.75, 3.05) is 4.72 Å². The van der Waals surface area contributed by atoms with Crippen LogP contribution in [0.5, 0.6) is 0 Å². The van der Waals surface area contributed by atoms with Crippen molar-refractivity contribution in [1.29, 1.82) is 0 Å². The van der Waals surface area contributed by atoms with Crippen molar-refractivity contribution >= 4 is 28.5 Å². The maximum atomic E-state index is 3.99. The van der Waals surface area contributed by atoms with Crippen molar-refractivity contribution in [3.8, 4) is 0 Å². The molecule has 0 aliphatic carbocycles.